The number of carbonyl (C=O) groups excluding carboxylic acids is 1. The molecule has 0 radical (unpaired) electrons. The van der Waals surface area contributed by atoms with Crippen LogP contribution < -0.4 is 5.32 Å². The van der Waals surface area contributed by atoms with Gasteiger partial charge in [-0.05, 0) is 36.4 Å². The molecule has 0 aliphatic carbocycles. The maximum atomic E-state index is 11.8. The molecule has 0 bridgehead atoms. The summed E-state index contributed by atoms with van der Waals surface area (Å²) < 4.78 is 11.3. The predicted octanol–water partition coefficient (Wildman–Crippen LogP) is 3.34. The second-order valence-corrected chi connectivity index (χ2v) is 5.79. The fourth-order valence-corrected chi connectivity index (χ4v) is 2.24. The molecule has 2 heterocycles. The van der Waals surface area contributed by atoms with Crippen molar-refractivity contribution in [3.63, 3.8) is 0 Å². The Labute approximate surface area is 141 Å². The highest BCUT2D eigenvalue weighted by Crippen LogP contribution is 2.19. The number of hydrogen-bond acceptors (Lipinski definition) is 5. The van der Waals surface area contributed by atoms with Crippen LogP contribution in [0.1, 0.15) is 18.1 Å². The van der Waals surface area contributed by atoms with Gasteiger partial charge in [-0.1, -0.05) is 21.1 Å². The number of aromatic nitrogens is 2. The van der Waals surface area contributed by atoms with Crippen LogP contribution >= 0.6 is 15.9 Å². The van der Waals surface area contributed by atoms with Crippen LogP contribution in [0.2, 0.25) is 0 Å². The number of hydrogen-bond donors (Lipinski definition) is 1. The lowest BCUT2D eigenvalue weighted by molar-refractivity contribution is -0.121. The molecule has 0 aliphatic rings. The number of halogens is 1. The first-order chi connectivity index (χ1) is 11.2. The number of benzene rings is 1. The van der Waals surface area contributed by atoms with E-state index in [1.165, 1.54) is 0 Å². The standard InChI is InChI=1S/C16H14BrN3O3/c17-12-5-3-11(4-6-12)16-19-15(23-20-16)8-7-14(21)18-10-13-2-1-9-22-13/h1-6,9H,7-8,10H2,(H,18,21). The van der Waals surface area contributed by atoms with Gasteiger partial charge in [-0.25, -0.2) is 0 Å². The molecule has 0 spiro atoms. The summed E-state index contributed by atoms with van der Waals surface area (Å²) in [6.45, 7) is 0.375. The van der Waals surface area contributed by atoms with E-state index in [1.807, 2.05) is 30.3 Å². The van der Waals surface area contributed by atoms with Crippen LogP contribution in [0.5, 0.6) is 0 Å². The molecule has 0 fully saturated rings. The van der Waals surface area contributed by atoms with Crippen molar-refractivity contribution in [2.75, 3.05) is 0 Å². The minimum absolute atomic E-state index is 0.0928. The minimum Gasteiger partial charge on any atom is -0.467 e. The first kappa shape index (κ1) is 15.5. The summed E-state index contributed by atoms with van der Waals surface area (Å²) in [6.07, 6.45) is 2.25. The van der Waals surface area contributed by atoms with Crippen molar-refractivity contribution in [1.29, 1.82) is 0 Å². The third-order valence-electron chi connectivity index (χ3n) is 3.18. The fourth-order valence-electron chi connectivity index (χ4n) is 1.98. The third kappa shape index (κ3) is 4.29. The van der Waals surface area contributed by atoms with Crippen LogP contribution in [0.15, 0.2) is 56.1 Å². The molecule has 0 aliphatic heterocycles. The number of carbonyl (C=O) groups is 1. The number of amides is 1. The summed E-state index contributed by atoms with van der Waals surface area (Å²) in [5.74, 6) is 1.58. The smallest absolute Gasteiger partial charge is 0.227 e. The molecule has 6 nitrogen and oxygen atoms in total. The van der Waals surface area contributed by atoms with E-state index in [4.69, 9.17) is 8.94 Å². The van der Waals surface area contributed by atoms with Crippen LogP contribution in [-0.4, -0.2) is 16.0 Å². The molecular weight excluding hydrogens is 362 g/mol. The SMILES string of the molecule is O=C(CCc1nc(-c2ccc(Br)cc2)no1)NCc1ccco1. The number of nitrogens with one attached hydrogen (secondary N) is 1. The molecule has 0 saturated heterocycles. The highest BCUT2D eigenvalue weighted by molar-refractivity contribution is 9.10. The number of rotatable bonds is 6. The zero-order valence-electron chi connectivity index (χ0n) is 12.2. The van der Waals surface area contributed by atoms with Crippen LogP contribution in [0.4, 0.5) is 0 Å². The largest absolute Gasteiger partial charge is 0.467 e. The molecule has 0 saturated carbocycles. The molecule has 23 heavy (non-hydrogen) atoms. The normalized spacial score (nSPS) is 10.7. The molecule has 0 atom stereocenters. The van der Waals surface area contributed by atoms with E-state index in [1.54, 1.807) is 12.3 Å². The zero-order chi connectivity index (χ0) is 16.1. The summed E-state index contributed by atoms with van der Waals surface area (Å²) >= 11 is 3.38. The quantitative estimate of drug-likeness (QED) is 0.714. The van der Waals surface area contributed by atoms with Crippen molar-refractivity contribution >= 4 is 21.8 Å². The number of furan rings is 1. The summed E-state index contributed by atoms with van der Waals surface area (Å²) in [5, 5.41) is 6.70. The fraction of sp³-hybridized carbons (Fsp3) is 0.188. The minimum atomic E-state index is -0.0928. The van der Waals surface area contributed by atoms with E-state index in [2.05, 4.69) is 31.4 Å². The first-order valence-corrected chi connectivity index (χ1v) is 7.87. The predicted molar refractivity (Wildman–Crippen MR) is 86.3 cm³/mol. The van der Waals surface area contributed by atoms with Crippen molar-refractivity contribution in [2.45, 2.75) is 19.4 Å². The first-order valence-electron chi connectivity index (χ1n) is 7.08. The molecule has 7 heteroatoms. The summed E-state index contributed by atoms with van der Waals surface area (Å²) in [5.41, 5.74) is 0.866. The Morgan fingerprint density at radius 3 is 2.78 bits per heavy atom. The van der Waals surface area contributed by atoms with Gasteiger partial charge in [-0.2, -0.15) is 4.98 Å². The van der Waals surface area contributed by atoms with E-state index in [9.17, 15) is 4.79 Å². The lowest BCUT2D eigenvalue weighted by Gasteiger charge is -2.01. The molecule has 0 unspecified atom stereocenters. The molecule has 2 aromatic heterocycles. The van der Waals surface area contributed by atoms with E-state index in [0.717, 1.165) is 10.0 Å². The van der Waals surface area contributed by atoms with Crippen molar-refractivity contribution in [2.24, 2.45) is 0 Å². The third-order valence-corrected chi connectivity index (χ3v) is 3.70. The van der Waals surface area contributed by atoms with Gasteiger partial charge in [0.15, 0.2) is 0 Å². The van der Waals surface area contributed by atoms with Crippen LogP contribution in [0.25, 0.3) is 11.4 Å². The average molecular weight is 376 g/mol. The summed E-state index contributed by atoms with van der Waals surface area (Å²) in [6, 6.07) is 11.2. The Balaban J connectivity index is 1.50. The Morgan fingerprint density at radius 1 is 1.22 bits per heavy atom. The molecule has 3 rings (SSSR count). The molecule has 1 N–H and O–H groups in total. The Kier molecular flexibility index (Phi) is 4.87. The summed E-state index contributed by atoms with van der Waals surface area (Å²) in [7, 11) is 0. The van der Waals surface area contributed by atoms with Crippen molar-refractivity contribution in [1.82, 2.24) is 15.5 Å². The maximum absolute atomic E-state index is 11.8. The van der Waals surface area contributed by atoms with Gasteiger partial charge < -0.3 is 14.3 Å². The van der Waals surface area contributed by atoms with Crippen molar-refractivity contribution in [3.05, 3.63) is 58.8 Å². The van der Waals surface area contributed by atoms with E-state index in [0.29, 0.717) is 30.4 Å². The van der Waals surface area contributed by atoms with Gasteiger partial charge in [0.1, 0.15) is 5.76 Å². The molecule has 118 valence electrons. The summed E-state index contributed by atoms with van der Waals surface area (Å²) in [4.78, 5) is 16.1. The van der Waals surface area contributed by atoms with Gasteiger partial charge >= 0.3 is 0 Å². The van der Waals surface area contributed by atoms with E-state index in [-0.39, 0.29) is 12.3 Å². The topological polar surface area (TPSA) is 81.2 Å². The molecule has 1 amide bonds. The monoisotopic (exact) mass is 375 g/mol. The van der Waals surface area contributed by atoms with E-state index >= 15 is 0 Å². The zero-order valence-corrected chi connectivity index (χ0v) is 13.7. The lowest BCUT2D eigenvalue weighted by Crippen LogP contribution is -2.22. The van der Waals surface area contributed by atoms with Crippen LogP contribution in [0, 0.1) is 0 Å². The number of nitrogens with zero attached hydrogens (tertiary/aromatic N) is 2. The Morgan fingerprint density at radius 2 is 2.04 bits per heavy atom. The van der Waals surface area contributed by atoms with Crippen LogP contribution in [-0.2, 0) is 17.8 Å². The number of aryl methyl sites for hydroxylation is 1. The molecular formula is C16H14BrN3O3. The second-order valence-electron chi connectivity index (χ2n) is 4.87. The van der Waals surface area contributed by atoms with Gasteiger partial charge in [0.25, 0.3) is 0 Å². The van der Waals surface area contributed by atoms with Crippen molar-refractivity contribution < 1.29 is 13.7 Å². The van der Waals surface area contributed by atoms with Gasteiger partial charge in [-0.15, -0.1) is 0 Å². The lowest BCUT2D eigenvalue weighted by atomic mass is 10.2. The van der Waals surface area contributed by atoms with Crippen LogP contribution in [0.3, 0.4) is 0 Å². The van der Waals surface area contributed by atoms with Crippen molar-refractivity contribution in [3.8, 4) is 11.4 Å². The van der Waals surface area contributed by atoms with Gasteiger partial charge in [-0.3, -0.25) is 4.79 Å². The Hall–Kier alpha value is -2.41. The molecule has 3 aromatic rings. The molecule has 1 aromatic carbocycles. The highest BCUT2D eigenvalue weighted by Gasteiger charge is 2.11. The van der Waals surface area contributed by atoms with Gasteiger partial charge in [0.2, 0.25) is 17.6 Å². The second kappa shape index (κ2) is 7.23. The average Bonchev–Trinajstić information content (AvgIpc) is 3.23. The maximum Gasteiger partial charge on any atom is 0.227 e. The Bertz CT molecular complexity index is 766. The van der Waals surface area contributed by atoms with Gasteiger partial charge in [0.05, 0.1) is 12.8 Å². The van der Waals surface area contributed by atoms with Gasteiger partial charge in [0, 0.05) is 22.9 Å². The van der Waals surface area contributed by atoms with E-state index < -0.39 is 0 Å². The highest BCUT2D eigenvalue weighted by atomic mass is 79.9.